The average Bonchev–Trinajstić information content (AvgIpc) is 2.21. The van der Waals surface area contributed by atoms with Gasteiger partial charge in [-0.25, -0.2) is 18.2 Å². The van der Waals surface area contributed by atoms with E-state index in [-0.39, 0.29) is 23.6 Å². The summed E-state index contributed by atoms with van der Waals surface area (Å²) in [7, 11) is 0. The highest BCUT2D eigenvalue weighted by atomic mass is 35.5. The summed E-state index contributed by atoms with van der Waals surface area (Å²) in [6.07, 6.45) is -3.29. The second-order valence-corrected chi connectivity index (χ2v) is 3.01. The Morgan fingerprint density at radius 3 is 2.67 bits per heavy atom. The Hall–Kier alpha value is -1.28. The van der Waals surface area contributed by atoms with Crippen LogP contribution in [0.15, 0.2) is 6.07 Å². The summed E-state index contributed by atoms with van der Waals surface area (Å²) >= 11 is 5.42. The van der Waals surface area contributed by atoms with E-state index >= 15 is 0 Å². The summed E-state index contributed by atoms with van der Waals surface area (Å²) in [6, 6.07) is 2.91. The van der Waals surface area contributed by atoms with Gasteiger partial charge in [0.15, 0.2) is 5.82 Å². The van der Waals surface area contributed by atoms with Gasteiger partial charge in [-0.1, -0.05) is 0 Å². The Labute approximate surface area is 89.3 Å². The molecule has 80 valence electrons. The van der Waals surface area contributed by atoms with Crippen LogP contribution >= 0.6 is 11.6 Å². The normalized spacial score (nSPS) is 10.4. The fourth-order valence-electron chi connectivity index (χ4n) is 1.09. The number of hydrogen-bond donors (Lipinski definition) is 0. The van der Waals surface area contributed by atoms with Crippen LogP contribution in [0.4, 0.5) is 13.2 Å². The van der Waals surface area contributed by atoms with Gasteiger partial charge in [-0.3, -0.25) is 0 Å². The van der Waals surface area contributed by atoms with Crippen LogP contribution in [0.2, 0.25) is 0 Å². The van der Waals surface area contributed by atoms with E-state index in [9.17, 15) is 13.2 Å². The molecular formula is C9H6ClF3N2. The second-order valence-electron chi connectivity index (χ2n) is 2.74. The largest absolute Gasteiger partial charge is 0.283 e. The molecule has 0 atom stereocenters. The second kappa shape index (κ2) is 4.99. The number of alkyl halides is 3. The third-order valence-electron chi connectivity index (χ3n) is 1.72. The van der Waals surface area contributed by atoms with Gasteiger partial charge in [-0.15, -0.1) is 11.6 Å². The molecule has 1 aromatic rings. The van der Waals surface area contributed by atoms with Crippen molar-refractivity contribution in [2.75, 3.05) is 0 Å². The number of pyridine rings is 1. The van der Waals surface area contributed by atoms with Gasteiger partial charge >= 0.3 is 0 Å². The monoisotopic (exact) mass is 234 g/mol. The van der Waals surface area contributed by atoms with Crippen molar-refractivity contribution < 1.29 is 13.2 Å². The van der Waals surface area contributed by atoms with Crippen LogP contribution < -0.4 is 0 Å². The number of hydrogen-bond acceptors (Lipinski definition) is 2. The molecule has 0 aliphatic rings. The van der Waals surface area contributed by atoms with E-state index in [1.165, 1.54) is 6.07 Å². The third-order valence-corrected chi connectivity index (χ3v) is 2.00. The molecule has 15 heavy (non-hydrogen) atoms. The molecule has 0 aliphatic carbocycles. The summed E-state index contributed by atoms with van der Waals surface area (Å²) in [6.45, 7) is 0. The molecule has 1 heterocycles. The number of nitrogens with zero attached hydrogens (tertiary/aromatic N) is 2. The fraction of sp³-hybridized carbons (Fsp3) is 0.333. The minimum atomic E-state index is -3.01. The van der Waals surface area contributed by atoms with Crippen molar-refractivity contribution in [2.24, 2.45) is 0 Å². The zero-order valence-corrected chi connectivity index (χ0v) is 8.23. The minimum Gasteiger partial charge on any atom is -0.247 e. The molecule has 0 aliphatic heterocycles. The molecule has 0 amide bonds. The van der Waals surface area contributed by atoms with Gasteiger partial charge in [0.2, 0.25) is 0 Å². The lowest BCUT2D eigenvalue weighted by Crippen LogP contribution is -2.03. The molecule has 1 aromatic heterocycles. The Balaban J connectivity index is 3.28. The molecule has 0 saturated carbocycles. The Bertz CT molecular complexity index is 401. The van der Waals surface area contributed by atoms with Gasteiger partial charge in [0.05, 0.1) is 24.1 Å². The Morgan fingerprint density at radius 1 is 1.53 bits per heavy atom. The van der Waals surface area contributed by atoms with Crippen molar-refractivity contribution in [3.63, 3.8) is 0 Å². The average molecular weight is 235 g/mol. The van der Waals surface area contributed by atoms with Crippen molar-refractivity contribution >= 4 is 11.6 Å². The van der Waals surface area contributed by atoms with Crippen molar-refractivity contribution in [3.8, 4) is 6.07 Å². The molecule has 0 saturated heterocycles. The molecule has 0 aromatic carbocycles. The van der Waals surface area contributed by atoms with E-state index in [0.29, 0.717) is 0 Å². The molecular weight excluding hydrogens is 229 g/mol. The van der Waals surface area contributed by atoms with Gasteiger partial charge in [-0.05, 0) is 6.07 Å². The quantitative estimate of drug-likeness (QED) is 0.754. The maximum atomic E-state index is 13.3. The number of nitriles is 1. The van der Waals surface area contributed by atoms with E-state index in [1.807, 2.05) is 0 Å². The third kappa shape index (κ3) is 2.60. The van der Waals surface area contributed by atoms with Crippen LogP contribution in [0, 0.1) is 17.1 Å². The number of rotatable bonds is 3. The van der Waals surface area contributed by atoms with Crippen molar-refractivity contribution in [1.29, 1.82) is 5.26 Å². The van der Waals surface area contributed by atoms with E-state index in [4.69, 9.17) is 16.9 Å². The first-order valence-corrected chi connectivity index (χ1v) is 4.52. The summed E-state index contributed by atoms with van der Waals surface area (Å²) in [5.74, 6) is -1.22. The van der Waals surface area contributed by atoms with Gasteiger partial charge in [0, 0.05) is 5.56 Å². The molecule has 6 heteroatoms. The van der Waals surface area contributed by atoms with Crippen LogP contribution in [-0.2, 0) is 12.3 Å². The summed E-state index contributed by atoms with van der Waals surface area (Å²) in [5.41, 5.74) is -0.907. The molecule has 0 spiro atoms. The molecule has 0 N–H and O–H groups in total. The highest BCUT2D eigenvalue weighted by Gasteiger charge is 2.19. The lowest BCUT2D eigenvalue weighted by atomic mass is 10.1. The summed E-state index contributed by atoms with van der Waals surface area (Å²) in [4.78, 5) is 3.37. The first-order chi connectivity index (χ1) is 7.10. The zero-order valence-electron chi connectivity index (χ0n) is 7.48. The van der Waals surface area contributed by atoms with Crippen LogP contribution in [-0.4, -0.2) is 4.98 Å². The highest BCUT2D eigenvalue weighted by molar-refractivity contribution is 6.16. The lowest BCUT2D eigenvalue weighted by molar-refractivity contribution is 0.140. The molecule has 0 fully saturated rings. The molecule has 2 nitrogen and oxygen atoms in total. The topological polar surface area (TPSA) is 36.7 Å². The summed E-state index contributed by atoms with van der Waals surface area (Å²) < 4.78 is 38.0. The first-order valence-electron chi connectivity index (χ1n) is 3.99. The lowest BCUT2D eigenvalue weighted by Gasteiger charge is -2.06. The maximum absolute atomic E-state index is 13.3. The number of aromatic nitrogens is 1. The predicted molar refractivity (Wildman–Crippen MR) is 48.0 cm³/mol. The van der Waals surface area contributed by atoms with E-state index < -0.39 is 17.9 Å². The Kier molecular flexibility index (Phi) is 3.92. The molecule has 0 radical (unpaired) electrons. The van der Waals surface area contributed by atoms with Crippen LogP contribution in [0.1, 0.15) is 23.4 Å². The van der Waals surface area contributed by atoms with Crippen molar-refractivity contribution in [1.82, 2.24) is 4.98 Å². The van der Waals surface area contributed by atoms with Gasteiger partial charge in [-0.2, -0.15) is 5.26 Å². The van der Waals surface area contributed by atoms with E-state index in [2.05, 4.69) is 4.98 Å². The van der Waals surface area contributed by atoms with Crippen LogP contribution in [0.3, 0.4) is 0 Å². The molecule has 0 unspecified atom stereocenters. The minimum absolute atomic E-state index is 0.0987. The zero-order chi connectivity index (χ0) is 11.4. The fourth-order valence-corrected chi connectivity index (χ4v) is 1.23. The van der Waals surface area contributed by atoms with Crippen LogP contribution in [0.5, 0.6) is 0 Å². The van der Waals surface area contributed by atoms with E-state index in [0.717, 1.165) is 0 Å². The Morgan fingerprint density at radius 2 is 2.20 bits per heavy atom. The van der Waals surface area contributed by atoms with Crippen molar-refractivity contribution in [2.45, 2.75) is 18.7 Å². The highest BCUT2D eigenvalue weighted by Crippen LogP contribution is 2.23. The molecule has 0 bridgehead atoms. The van der Waals surface area contributed by atoms with Gasteiger partial charge in [0.25, 0.3) is 6.43 Å². The van der Waals surface area contributed by atoms with Gasteiger partial charge in [0.1, 0.15) is 5.69 Å². The van der Waals surface area contributed by atoms with Crippen molar-refractivity contribution in [3.05, 3.63) is 28.8 Å². The van der Waals surface area contributed by atoms with Gasteiger partial charge < -0.3 is 0 Å². The predicted octanol–water partition coefficient (Wildman–Crippen LogP) is 2.96. The smallest absolute Gasteiger partial charge is 0.247 e. The summed E-state index contributed by atoms with van der Waals surface area (Å²) in [5, 5.41) is 8.38. The first kappa shape index (κ1) is 11.8. The van der Waals surface area contributed by atoms with Crippen LogP contribution in [0.25, 0.3) is 0 Å². The SMILES string of the molecule is N#CCc1cc(CCl)nc(C(F)F)c1F. The maximum Gasteiger partial charge on any atom is 0.283 e. The number of halogens is 4. The standard InChI is InChI=1S/C9H6ClF3N2/c10-4-6-3-5(1-2-14)7(11)8(15-6)9(12)13/h3,9H,1,4H2. The van der Waals surface area contributed by atoms with E-state index in [1.54, 1.807) is 6.07 Å². The molecule has 1 rings (SSSR count).